The fourth-order valence-electron chi connectivity index (χ4n) is 2.09. The monoisotopic (exact) mass is 410 g/mol. The molecule has 0 saturated carbocycles. The molecule has 0 fully saturated rings. The molecule has 0 aliphatic heterocycles. The number of aromatic nitrogens is 1. The first-order chi connectivity index (χ1) is 12.9. The van der Waals surface area contributed by atoms with Crippen LogP contribution in [0.4, 0.5) is 5.13 Å². The summed E-state index contributed by atoms with van der Waals surface area (Å²) in [5.41, 5.74) is 1.31. The number of carboxylic acids is 1. The van der Waals surface area contributed by atoms with Gasteiger partial charge in [0.05, 0.1) is 24.3 Å². The molecule has 144 valence electrons. The minimum Gasteiger partial charge on any atom is -0.478 e. The van der Waals surface area contributed by atoms with Gasteiger partial charge in [-0.2, -0.15) is 0 Å². The molecule has 0 radical (unpaired) electrons. The van der Waals surface area contributed by atoms with E-state index in [0.717, 1.165) is 0 Å². The summed E-state index contributed by atoms with van der Waals surface area (Å²) in [5.74, 6) is -1.96. The third kappa shape index (κ3) is 6.91. The van der Waals surface area contributed by atoms with Gasteiger partial charge in [-0.1, -0.05) is 12.1 Å². The first-order valence-corrected chi connectivity index (χ1v) is 10.3. The summed E-state index contributed by atoms with van der Waals surface area (Å²) in [7, 11) is -1.45. The van der Waals surface area contributed by atoms with E-state index >= 15 is 0 Å². The molecule has 0 bridgehead atoms. The standard InChI is InChI=1S/C17H18N2O6S2/c1-2-25-15(21)7-13-8-26-17(18-13)19-14(20)10-27(24)9-11-3-5-12(6-4-11)16(22)23/h3-6,8H,2,7,9-10H2,1H3,(H,22,23)(H,18,19,20). The number of thiazole rings is 1. The molecule has 1 aromatic carbocycles. The maximum Gasteiger partial charge on any atom is 0.335 e. The molecular weight excluding hydrogens is 392 g/mol. The number of esters is 1. The molecule has 0 aliphatic carbocycles. The fraction of sp³-hybridized carbons (Fsp3) is 0.294. The van der Waals surface area contributed by atoms with Crippen LogP contribution in [0.3, 0.4) is 0 Å². The van der Waals surface area contributed by atoms with Crippen LogP contribution in [0.25, 0.3) is 0 Å². The Hall–Kier alpha value is -2.59. The van der Waals surface area contributed by atoms with Crippen LogP contribution in [-0.4, -0.2) is 44.5 Å². The third-order valence-corrected chi connectivity index (χ3v) is 5.30. The molecule has 0 spiro atoms. The van der Waals surface area contributed by atoms with Crippen LogP contribution >= 0.6 is 11.3 Å². The number of hydrogen-bond donors (Lipinski definition) is 2. The molecular formula is C17H18N2O6S2. The lowest BCUT2D eigenvalue weighted by molar-refractivity contribution is -0.142. The predicted molar refractivity (Wildman–Crippen MR) is 101 cm³/mol. The molecule has 1 unspecified atom stereocenters. The van der Waals surface area contributed by atoms with Gasteiger partial charge in [-0.05, 0) is 24.6 Å². The molecule has 1 atom stereocenters. The first kappa shape index (κ1) is 20.7. The van der Waals surface area contributed by atoms with Gasteiger partial charge in [0.2, 0.25) is 5.91 Å². The zero-order valence-corrected chi connectivity index (χ0v) is 16.1. The maximum atomic E-state index is 12.1. The second-order valence-corrected chi connectivity index (χ2v) is 7.72. The Labute approximate surface area is 162 Å². The number of amides is 1. The molecule has 27 heavy (non-hydrogen) atoms. The zero-order valence-electron chi connectivity index (χ0n) is 14.5. The molecule has 0 saturated heterocycles. The van der Waals surface area contributed by atoms with Crippen molar-refractivity contribution in [2.45, 2.75) is 19.1 Å². The third-order valence-electron chi connectivity index (χ3n) is 3.25. The van der Waals surface area contributed by atoms with E-state index in [4.69, 9.17) is 9.84 Å². The number of rotatable bonds is 9. The lowest BCUT2D eigenvalue weighted by Crippen LogP contribution is -2.20. The SMILES string of the molecule is CCOC(=O)Cc1csc(NC(=O)CS(=O)Cc2ccc(C(=O)O)cc2)n1. The Morgan fingerprint density at radius 3 is 2.59 bits per heavy atom. The first-order valence-electron chi connectivity index (χ1n) is 7.94. The second-order valence-electron chi connectivity index (χ2n) is 5.40. The van der Waals surface area contributed by atoms with Gasteiger partial charge in [-0.25, -0.2) is 9.78 Å². The summed E-state index contributed by atoms with van der Waals surface area (Å²) in [6.07, 6.45) is 0.0263. The van der Waals surface area contributed by atoms with Gasteiger partial charge in [0.1, 0.15) is 5.75 Å². The number of hydrogen-bond acceptors (Lipinski definition) is 7. The largest absolute Gasteiger partial charge is 0.478 e. The van der Waals surface area contributed by atoms with Crippen molar-refractivity contribution in [1.82, 2.24) is 4.98 Å². The summed E-state index contributed by atoms with van der Waals surface area (Å²) in [6.45, 7) is 2.00. The smallest absolute Gasteiger partial charge is 0.335 e. The van der Waals surface area contributed by atoms with Crippen molar-refractivity contribution >= 4 is 45.1 Å². The van der Waals surface area contributed by atoms with Gasteiger partial charge < -0.3 is 15.2 Å². The van der Waals surface area contributed by atoms with Gasteiger partial charge >= 0.3 is 11.9 Å². The number of anilines is 1. The van der Waals surface area contributed by atoms with E-state index in [2.05, 4.69) is 10.3 Å². The number of nitrogens with one attached hydrogen (secondary N) is 1. The highest BCUT2D eigenvalue weighted by Crippen LogP contribution is 2.16. The van der Waals surface area contributed by atoms with Gasteiger partial charge in [-0.3, -0.25) is 13.8 Å². The van der Waals surface area contributed by atoms with Gasteiger partial charge in [0, 0.05) is 21.9 Å². The van der Waals surface area contributed by atoms with E-state index in [-0.39, 0.29) is 30.1 Å². The topological polar surface area (TPSA) is 123 Å². The molecule has 2 N–H and O–H groups in total. The number of benzene rings is 1. The van der Waals surface area contributed by atoms with E-state index in [1.165, 1.54) is 23.5 Å². The molecule has 0 aliphatic rings. The Kier molecular flexibility index (Phi) is 7.62. The average molecular weight is 410 g/mol. The van der Waals surface area contributed by atoms with Crippen LogP contribution in [0.5, 0.6) is 0 Å². The summed E-state index contributed by atoms with van der Waals surface area (Å²) in [5, 5.41) is 13.4. The summed E-state index contributed by atoms with van der Waals surface area (Å²) >= 11 is 1.17. The zero-order chi connectivity index (χ0) is 19.8. The highest BCUT2D eigenvalue weighted by atomic mass is 32.2. The molecule has 1 amide bonds. The fourth-order valence-corrected chi connectivity index (χ4v) is 3.84. The number of carbonyl (C=O) groups excluding carboxylic acids is 2. The van der Waals surface area contributed by atoms with Gasteiger partial charge in [0.25, 0.3) is 0 Å². The van der Waals surface area contributed by atoms with Crippen LogP contribution in [0.1, 0.15) is 28.5 Å². The van der Waals surface area contributed by atoms with E-state index in [1.54, 1.807) is 24.4 Å². The van der Waals surface area contributed by atoms with Gasteiger partial charge in [-0.15, -0.1) is 11.3 Å². The molecule has 2 aromatic rings. The molecule has 2 rings (SSSR count). The number of nitrogens with zero attached hydrogens (tertiary/aromatic N) is 1. The quantitative estimate of drug-likeness (QED) is 0.605. The summed E-state index contributed by atoms with van der Waals surface area (Å²) < 4.78 is 16.9. The normalized spacial score (nSPS) is 11.6. The molecule has 1 heterocycles. The van der Waals surface area contributed by atoms with E-state index in [9.17, 15) is 18.6 Å². The van der Waals surface area contributed by atoms with Crippen molar-refractivity contribution in [3.63, 3.8) is 0 Å². The lowest BCUT2D eigenvalue weighted by Gasteiger charge is -2.04. The highest BCUT2D eigenvalue weighted by molar-refractivity contribution is 7.84. The van der Waals surface area contributed by atoms with Crippen molar-refractivity contribution in [3.05, 3.63) is 46.5 Å². The number of ether oxygens (including phenoxy) is 1. The number of aromatic carboxylic acids is 1. The predicted octanol–water partition coefficient (Wildman–Crippen LogP) is 1.83. The minimum absolute atomic E-state index is 0.0263. The molecule has 10 heteroatoms. The van der Waals surface area contributed by atoms with Crippen LogP contribution < -0.4 is 5.32 Å². The second kappa shape index (κ2) is 9.93. The van der Waals surface area contributed by atoms with Crippen LogP contribution in [0, 0.1) is 0 Å². The van der Waals surface area contributed by atoms with Crippen LogP contribution in [0.2, 0.25) is 0 Å². The highest BCUT2D eigenvalue weighted by Gasteiger charge is 2.13. The van der Waals surface area contributed by atoms with E-state index in [1.807, 2.05) is 0 Å². The molecule has 8 nitrogen and oxygen atoms in total. The molecule has 1 aromatic heterocycles. The van der Waals surface area contributed by atoms with Crippen molar-refractivity contribution in [2.24, 2.45) is 0 Å². The summed E-state index contributed by atoms with van der Waals surface area (Å²) in [6, 6.07) is 5.99. The van der Waals surface area contributed by atoms with E-state index < -0.39 is 28.6 Å². The van der Waals surface area contributed by atoms with Crippen LogP contribution in [0.15, 0.2) is 29.6 Å². The van der Waals surface area contributed by atoms with Crippen LogP contribution in [-0.2, 0) is 37.3 Å². The van der Waals surface area contributed by atoms with Crippen molar-refractivity contribution < 1.29 is 28.4 Å². The van der Waals surface area contributed by atoms with E-state index in [0.29, 0.717) is 16.4 Å². The number of carbonyl (C=O) groups is 3. The number of carboxylic acid groups (broad SMARTS) is 1. The Bertz CT molecular complexity index is 847. The lowest BCUT2D eigenvalue weighted by atomic mass is 10.1. The summed E-state index contributed by atoms with van der Waals surface area (Å²) in [4.78, 5) is 38.3. The Morgan fingerprint density at radius 2 is 1.96 bits per heavy atom. The van der Waals surface area contributed by atoms with Gasteiger partial charge in [0.15, 0.2) is 5.13 Å². The Balaban J connectivity index is 1.82. The van der Waals surface area contributed by atoms with Crippen molar-refractivity contribution in [3.8, 4) is 0 Å². The van der Waals surface area contributed by atoms with Crippen molar-refractivity contribution in [1.29, 1.82) is 0 Å². The average Bonchev–Trinajstić information content (AvgIpc) is 3.01. The van der Waals surface area contributed by atoms with Crippen molar-refractivity contribution in [2.75, 3.05) is 17.7 Å². The maximum absolute atomic E-state index is 12.1. The Morgan fingerprint density at radius 1 is 1.26 bits per heavy atom. The minimum atomic E-state index is -1.45.